The van der Waals surface area contributed by atoms with Gasteiger partial charge in [0.2, 0.25) is 0 Å². The Morgan fingerprint density at radius 1 is 0.976 bits per heavy atom. The highest BCUT2D eigenvalue weighted by Crippen LogP contribution is 2.49. The van der Waals surface area contributed by atoms with Crippen molar-refractivity contribution in [1.29, 1.82) is 0 Å². The van der Waals surface area contributed by atoms with Crippen molar-refractivity contribution in [1.82, 2.24) is 20.0 Å². The number of rotatable bonds is 9. The number of carbonyl (C=O) groups excluding carboxylic acids is 1. The molecule has 2 aromatic carbocycles. The summed E-state index contributed by atoms with van der Waals surface area (Å²) >= 11 is 12.2. The molecule has 6 rings (SSSR count). The molecule has 0 saturated heterocycles. The van der Waals surface area contributed by atoms with Crippen LogP contribution in [0.15, 0.2) is 73.2 Å². The van der Waals surface area contributed by atoms with Gasteiger partial charge >= 0.3 is 0 Å². The van der Waals surface area contributed by atoms with Crippen LogP contribution in [-0.2, 0) is 23.5 Å². The van der Waals surface area contributed by atoms with Crippen LogP contribution in [-0.4, -0.2) is 54.4 Å². The van der Waals surface area contributed by atoms with Crippen molar-refractivity contribution in [2.24, 2.45) is 0 Å². The normalized spacial score (nSPS) is 19.7. The lowest BCUT2D eigenvalue weighted by atomic mass is 9.84. The highest BCUT2D eigenvalue weighted by molar-refractivity contribution is 6.30. The lowest BCUT2D eigenvalue weighted by Gasteiger charge is -2.35. The van der Waals surface area contributed by atoms with Gasteiger partial charge in [0, 0.05) is 47.7 Å². The van der Waals surface area contributed by atoms with Gasteiger partial charge in [0.1, 0.15) is 18.5 Å². The fraction of sp³-hybridized carbons (Fsp3) is 0.267. The highest BCUT2D eigenvalue weighted by atomic mass is 35.5. The summed E-state index contributed by atoms with van der Waals surface area (Å²) in [7, 11) is 0. The molecule has 1 amide bonds. The molecule has 0 radical (unpaired) electrons. The molecule has 2 aliphatic rings. The first kappa shape index (κ1) is 27.7. The second kappa shape index (κ2) is 10.7. The standard InChI is InChI=1S/C30H25Cl2FN4O4/c31-19-4-2-18(3-5-19)22-8-9-23-27(24(22)14-21-7-6-20(32)16-36-21)30(33,25(38)15-26-34-12-1-13-35-26)37(28(23)39)41-17-29(40)10-11-29/h1-9,12-13,16,25,38,40H,10-11,14-15,17H2/t25?,30-/m1/s1. The Balaban J connectivity index is 1.53. The molecule has 1 aliphatic carbocycles. The Morgan fingerprint density at radius 3 is 2.32 bits per heavy atom. The molecule has 11 heteroatoms. The van der Waals surface area contributed by atoms with Crippen molar-refractivity contribution in [2.75, 3.05) is 6.61 Å². The molecule has 2 aromatic heterocycles. The summed E-state index contributed by atoms with van der Waals surface area (Å²) in [6.45, 7) is -0.301. The topological polar surface area (TPSA) is 109 Å². The van der Waals surface area contributed by atoms with Gasteiger partial charge in [-0.15, -0.1) is 0 Å². The zero-order valence-corrected chi connectivity index (χ0v) is 23.2. The quantitative estimate of drug-likeness (QED) is 0.260. The Kier molecular flexibility index (Phi) is 7.25. The van der Waals surface area contributed by atoms with E-state index in [0.29, 0.717) is 44.8 Å². The second-order valence-electron chi connectivity index (χ2n) is 10.3. The number of carbonyl (C=O) groups is 1. The number of nitrogens with zero attached hydrogens (tertiary/aromatic N) is 4. The summed E-state index contributed by atoms with van der Waals surface area (Å²) in [5, 5.41) is 23.5. The van der Waals surface area contributed by atoms with E-state index in [1.165, 1.54) is 24.7 Å². The average Bonchev–Trinajstić information content (AvgIpc) is 3.66. The number of hydroxylamine groups is 2. The van der Waals surface area contributed by atoms with Crippen molar-refractivity contribution in [3.63, 3.8) is 0 Å². The smallest absolute Gasteiger partial charge is 0.281 e. The molecule has 210 valence electrons. The van der Waals surface area contributed by atoms with Crippen molar-refractivity contribution in [3.05, 3.63) is 111 Å². The molecule has 0 spiro atoms. The molecule has 1 unspecified atom stereocenters. The van der Waals surface area contributed by atoms with Crippen molar-refractivity contribution in [3.8, 4) is 11.1 Å². The third-order valence-corrected chi connectivity index (χ3v) is 7.88. The number of amides is 1. The largest absolute Gasteiger partial charge is 0.387 e. The summed E-state index contributed by atoms with van der Waals surface area (Å²) in [6, 6.07) is 15.3. The summed E-state index contributed by atoms with van der Waals surface area (Å²) in [5.41, 5.74) is 1.19. The molecule has 1 fully saturated rings. The maximum atomic E-state index is 17.8. The van der Waals surface area contributed by atoms with Gasteiger partial charge in [-0.05, 0) is 65.9 Å². The summed E-state index contributed by atoms with van der Waals surface area (Å²) in [6.07, 6.45) is 3.39. The minimum Gasteiger partial charge on any atom is -0.387 e. The van der Waals surface area contributed by atoms with E-state index in [2.05, 4.69) is 15.0 Å². The summed E-state index contributed by atoms with van der Waals surface area (Å²) < 4.78 is 17.8. The van der Waals surface area contributed by atoms with E-state index >= 15 is 4.39 Å². The van der Waals surface area contributed by atoms with Crippen LogP contribution in [0.4, 0.5) is 4.39 Å². The van der Waals surface area contributed by atoms with Crippen molar-refractivity contribution in [2.45, 2.75) is 43.2 Å². The van der Waals surface area contributed by atoms with Crippen LogP contribution in [0.5, 0.6) is 0 Å². The van der Waals surface area contributed by atoms with Crippen LogP contribution >= 0.6 is 23.2 Å². The van der Waals surface area contributed by atoms with Gasteiger partial charge in [-0.1, -0.05) is 41.4 Å². The third-order valence-electron chi connectivity index (χ3n) is 7.40. The Bertz CT molecular complexity index is 1590. The van der Waals surface area contributed by atoms with E-state index in [4.69, 9.17) is 28.0 Å². The summed E-state index contributed by atoms with van der Waals surface area (Å²) in [5.74, 6) is -3.43. The number of alkyl halides is 1. The summed E-state index contributed by atoms with van der Waals surface area (Å²) in [4.78, 5) is 32.1. The number of fused-ring (bicyclic) bond motifs is 1. The fourth-order valence-corrected chi connectivity index (χ4v) is 5.27. The van der Waals surface area contributed by atoms with E-state index in [0.717, 1.165) is 5.56 Å². The zero-order chi connectivity index (χ0) is 28.8. The molecule has 2 atom stereocenters. The van der Waals surface area contributed by atoms with Crippen LogP contribution in [0.1, 0.15) is 45.8 Å². The maximum absolute atomic E-state index is 17.8. The highest BCUT2D eigenvalue weighted by Gasteiger charge is 2.59. The molecule has 3 heterocycles. The predicted molar refractivity (Wildman–Crippen MR) is 150 cm³/mol. The zero-order valence-electron chi connectivity index (χ0n) is 21.7. The average molecular weight is 595 g/mol. The number of aliphatic hydroxyl groups is 2. The Hall–Kier alpha value is -3.47. The number of hydrogen-bond acceptors (Lipinski definition) is 7. The predicted octanol–water partition coefficient (Wildman–Crippen LogP) is 5.07. The second-order valence-corrected chi connectivity index (χ2v) is 11.2. The van der Waals surface area contributed by atoms with Crippen LogP contribution in [0.3, 0.4) is 0 Å². The Morgan fingerprint density at radius 2 is 1.66 bits per heavy atom. The van der Waals surface area contributed by atoms with Gasteiger partial charge in [-0.25, -0.2) is 14.4 Å². The fourth-order valence-electron chi connectivity index (χ4n) is 5.03. The van der Waals surface area contributed by atoms with Gasteiger partial charge in [0.05, 0.1) is 16.2 Å². The van der Waals surface area contributed by atoms with Gasteiger partial charge in [-0.3, -0.25) is 14.6 Å². The lowest BCUT2D eigenvalue weighted by Crippen LogP contribution is -2.51. The van der Waals surface area contributed by atoms with Gasteiger partial charge < -0.3 is 10.2 Å². The maximum Gasteiger partial charge on any atom is 0.281 e. The van der Waals surface area contributed by atoms with Crippen LogP contribution in [0.25, 0.3) is 11.1 Å². The molecule has 1 saturated carbocycles. The number of halogens is 3. The first-order valence-electron chi connectivity index (χ1n) is 13.0. The van der Waals surface area contributed by atoms with E-state index in [9.17, 15) is 15.0 Å². The van der Waals surface area contributed by atoms with Crippen LogP contribution in [0.2, 0.25) is 10.0 Å². The van der Waals surface area contributed by atoms with Gasteiger partial charge in [-0.2, -0.15) is 5.06 Å². The molecule has 2 N–H and O–H groups in total. The lowest BCUT2D eigenvalue weighted by molar-refractivity contribution is -0.269. The molecule has 8 nitrogen and oxygen atoms in total. The minimum atomic E-state index is -2.85. The number of benzene rings is 2. The first-order valence-corrected chi connectivity index (χ1v) is 13.8. The van der Waals surface area contributed by atoms with E-state index in [-0.39, 0.29) is 36.4 Å². The van der Waals surface area contributed by atoms with E-state index < -0.39 is 23.4 Å². The monoisotopic (exact) mass is 594 g/mol. The van der Waals surface area contributed by atoms with E-state index in [1.54, 1.807) is 48.5 Å². The number of hydrogen-bond donors (Lipinski definition) is 2. The van der Waals surface area contributed by atoms with Gasteiger partial charge in [0.25, 0.3) is 11.7 Å². The third kappa shape index (κ3) is 5.31. The van der Waals surface area contributed by atoms with Crippen molar-refractivity contribution >= 4 is 29.1 Å². The van der Waals surface area contributed by atoms with E-state index in [1.807, 2.05) is 0 Å². The molecular formula is C30H25Cl2FN4O4. The molecule has 0 bridgehead atoms. The SMILES string of the molecule is O=C1c2ccc(-c3ccc(Cl)cc3)c(Cc3ccc(Cl)cn3)c2[C@@](F)(C(O)Cc2ncccn2)N1OCC1(O)CC1. The molecule has 41 heavy (non-hydrogen) atoms. The number of aromatic nitrogens is 3. The van der Waals surface area contributed by atoms with Crippen LogP contribution in [0, 0.1) is 0 Å². The first-order chi connectivity index (χ1) is 19.7. The number of aliphatic hydroxyl groups excluding tert-OH is 1. The Labute approximate surface area is 245 Å². The van der Waals surface area contributed by atoms with Crippen molar-refractivity contribution < 1.29 is 24.2 Å². The van der Waals surface area contributed by atoms with Gasteiger partial charge in [0.15, 0.2) is 0 Å². The van der Waals surface area contributed by atoms with Crippen LogP contribution < -0.4 is 0 Å². The molecule has 4 aromatic rings. The minimum absolute atomic E-state index is 0.0324. The molecule has 1 aliphatic heterocycles. The number of pyridine rings is 1. The molecular weight excluding hydrogens is 570 g/mol.